The van der Waals surface area contributed by atoms with Crippen molar-refractivity contribution < 1.29 is 14.3 Å². The van der Waals surface area contributed by atoms with Gasteiger partial charge >= 0.3 is 6.03 Å². The maximum atomic E-state index is 13.2. The number of piperidine rings is 2. The molecule has 3 aliphatic rings. The van der Waals surface area contributed by atoms with Crippen LogP contribution in [0.15, 0.2) is 47.6 Å². The van der Waals surface area contributed by atoms with Gasteiger partial charge in [-0.15, -0.1) is 0 Å². The first-order chi connectivity index (χ1) is 15.5. The van der Waals surface area contributed by atoms with Gasteiger partial charge in [0, 0.05) is 32.1 Å². The smallest absolute Gasteiger partial charge is 0.320 e. The number of hydrogen-bond acceptors (Lipinski definition) is 3. The molecule has 0 saturated carbocycles. The summed E-state index contributed by atoms with van der Waals surface area (Å²) in [4.78, 5) is 28.8. The molecule has 0 aromatic carbocycles. The first-order valence-electron chi connectivity index (χ1n) is 12.0. The second kappa shape index (κ2) is 11.5. The van der Waals surface area contributed by atoms with Crippen LogP contribution in [0, 0.1) is 11.8 Å². The Labute approximate surface area is 193 Å². The second-order valence-corrected chi connectivity index (χ2v) is 9.07. The molecule has 176 valence electrons. The largest absolute Gasteiger partial charge is 0.366 e. The van der Waals surface area contributed by atoms with Gasteiger partial charge in [0.2, 0.25) is 5.91 Å². The van der Waals surface area contributed by atoms with Crippen molar-refractivity contribution in [1.29, 1.82) is 0 Å². The van der Waals surface area contributed by atoms with Crippen LogP contribution in [0.1, 0.15) is 47.0 Å². The second-order valence-electron chi connectivity index (χ2n) is 9.07. The molecule has 0 radical (unpaired) electrons. The van der Waals surface area contributed by atoms with E-state index in [0.717, 1.165) is 32.4 Å². The number of carbonyl (C=O) groups is 2. The van der Waals surface area contributed by atoms with Gasteiger partial charge in [-0.2, -0.15) is 0 Å². The van der Waals surface area contributed by atoms with Gasteiger partial charge in [-0.3, -0.25) is 4.79 Å². The molecule has 6 heteroatoms. The van der Waals surface area contributed by atoms with Crippen LogP contribution in [0.5, 0.6) is 0 Å². The average Bonchev–Trinajstić information content (AvgIpc) is 2.81. The molecule has 0 aromatic heterocycles. The number of morpholine rings is 1. The average molecular weight is 442 g/mol. The molecule has 3 heterocycles. The number of nitrogens with one attached hydrogen (secondary N) is 1. The molecule has 0 aliphatic carbocycles. The lowest BCUT2D eigenvalue weighted by Crippen LogP contribution is -2.62. The Morgan fingerprint density at radius 3 is 2.47 bits per heavy atom. The Morgan fingerprint density at radius 1 is 1.09 bits per heavy atom. The van der Waals surface area contributed by atoms with Crippen molar-refractivity contribution in [3.05, 3.63) is 47.6 Å². The summed E-state index contributed by atoms with van der Waals surface area (Å²) in [6.07, 6.45) is 15.7. The third-order valence-corrected chi connectivity index (χ3v) is 6.97. The highest BCUT2D eigenvalue weighted by Crippen LogP contribution is 2.36. The number of amides is 3. The summed E-state index contributed by atoms with van der Waals surface area (Å²) < 4.78 is 5.63. The van der Waals surface area contributed by atoms with Crippen LogP contribution in [0.2, 0.25) is 0 Å². The number of urea groups is 1. The van der Waals surface area contributed by atoms with Gasteiger partial charge in [0.25, 0.3) is 0 Å². The third-order valence-electron chi connectivity index (χ3n) is 6.97. The van der Waals surface area contributed by atoms with E-state index in [1.165, 1.54) is 11.1 Å². The van der Waals surface area contributed by atoms with Gasteiger partial charge in [0.05, 0.1) is 12.1 Å². The topological polar surface area (TPSA) is 61.9 Å². The van der Waals surface area contributed by atoms with E-state index < -0.39 is 0 Å². The van der Waals surface area contributed by atoms with E-state index in [1.807, 2.05) is 16.7 Å². The summed E-state index contributed by atoms with van der Waals surface area (Å²) in [5.41, 5.74) is 2.72. The SMILES string of the molecule is C/C=C\C=C(/C)C(C(/C=C\C)=C/C)C1CCN(C(=O)N2CCC3OCC(=O)NC3C2)CC1. The molecule has 0 bridgehead atoms. The predicted octanol–water partition coefficient (Wildman–Crippen LogP) is 4.07. The lowest BCUT2D eigenvalue weighted by atomic mass is 9.75. The minimum Gasteiger partial charge on any atom is -0.366 e. The van der Waals surface area contributed by atoms with Crippen LogP contribution >= 0.6 is 0 Å². The molecule has 3 saturated heterocycles. The fourth-order valence-electron chi connectivity index (χ4n) is 5.33. The van der Waals surface area contributed by atoms with Crippen molar-refractivity contribution in [2.45, 2.75) is 59.1 Å². The van der Waals surface area contributed by atoms with Crippen LogP contribution in [-0.4, -0.2) is 66.7 Å². The fourth-order valence-corrected chi connectivity index (χ4v) is 5.33. The highest BCUT2D eigenvalue weighted by molar-refractivity contribution is 5.79. The van der Waals surface area contributed by atoms with Crippen molar-refractivity contribution in [2.75, 3.05) is 32.8 Å². The Bertz CT molecular complexity index is 790. The monoisotopic (exact) mass is 441 g/mol. The van der Waals surface area contributed by atoms with Crippen molar-refractivity contribution in [3.63, 3.8) is 0 Å². The van der Waals surface area contributed by atoms with E-state index in [9.17, 15) is 9.59 Å². The molecule has 6 nitrogen and oxygen atoms in total. The number of allylic oxidation sites excluding steroid dienone is 8. The quantitative estimate of drug-likeness (QED) is 0.654. The molecule has 3 fully saturated rings. The van der Waals surface area contributed by atoms with E-state index in [2.05, 4.69) is 62.5 Å². The Kier molecular flexibility index (Phi) is 8.74. The van der Waals surface area contributed by atoms with Crippen molar-refractivity contribution in [2.24, 2.45) is 11.8 Å². The number of rotatable bonds is 5. The molecule has 3 amide bonds. The summed E-state index contributed by atoms with van der Waals surface area (Å²) in [5, 5.41) is 2.99. The van der Waals surface area contributed by atoms with Gasteiger partial charge in [-0.05, 0) is 58.4 Å². The lowest BCUT2D eigenvalue weighted by molar-refractivity contribution is -0.139. The van der Waals surface area contributed by atoms with Gasteiger partial charge in [-0.1, -0.05) is 42.0 Å². The highest BCUT2D eigenvalue weighted by atomic mass is 16.5. The molecular weight excluding hydrogens is 402 g/mol. The van der Waals surface area contributed by atoms with Crippen LogP contribution in [-0.2, 0) is 9.53 Å². The Hall–Kier alpha value is -2.34. The fraction of sp³-hybridized carbons (Fsp3) is 0.615. The van der Waals surface area contributed by atoms with E-state index in [0.29, 0.717) is 24.9 Å². The van der Waals surface area contributed by atoms with E-state index in [1.54, 1.807) is 0 Å². The predicted molar refractivity (Wildman–Crippen MR) is 128 cm³/mol. The lowest BCUT2D eigenvalue weighted by Gasteiger charge is -2.44. The maximum absolute atomic E-state index is 13.2. The molecule has 3 atom stereocenters. The first kappa shape index (κ1) is 24.3. The summed E-state index contributed by atoms with van der Waals surface area (Å²) in [5.74, 6) is 0.796. The van der Waals surface area contributed by atoms with E-state index in [4.69, 9.17) is 4.74 Å². The maximum Gasteiger partial charge on any atom is 0.320 e. The molecule has 32 heavy (non-hydrogen) atoms. The van der Waals surface area contributed by atoms with Crippen LogP contribution < -0.4 is 5.32 Å². The summed E-state index contributed by atoms with van der Waals surface area (Å²) in [7, 11) is 0. The minimum absolute atomic E-state index is 0.0287. The van der Waals surface area contributed by atoms with Crippen molar-refractivity contribution >= 4 is 11.9 Å². The zero-order chi connectivity index (χ0) is 23.1. The zero-order valence-electron chi connectivity index (χ0n) is 20.0. The molecule has 3 unspecified atom stereocenters. The van der Waals surface area contributed by atoms with Crippen molar-refractivity contribution in [3.8, 4) is 0 Å². The summed E-state index contributed by atoms with van der Waals surface area (Å²) >= 11 is 0. The molecular formula is C26H39N3O3. The number of ether oxygens (including phenoxy) is 1. The van der Waals surface area contributed by atoms with Crippen molar-refractivity contribution in [1.82, 2.24) is 15.1 Å². The summed E-state index contributed by atoms with van der Waals surface area (Å²) in [6.45, 7) is 11.3. The Balaban J connectivity index is 1.63. The highest BCUT2D eigenvalue weighted by Gasteiger charge is 2.38. The zero-order valence-corrected chi connectivity index (χ0v) is 20.0. The Morgan fingerprint density at radius 2 is 1.81 bits per heavy atom. The van der Waals surface area contributed by atoms with Gasteiger partial charge < -0.3 is 19.9 Å². The number of hydrogen-bond donors (Lipinski definition) is 1. The third kappa shape index (κ3) is 5.71. The number of carbonyl (C=O) groups excluding carboxylic acids is 2. The van der Waals surface area contributed by atoms with Crippen LogP contribution in [0.25, 0.3) is 0 Å². The number of fused-ring (bicyclic) bond motifs is 1. The molecule has 3 rings (SSSR count). The molecule has 3 aliphatic heterocycles. The number of likely N-dealkylation sites (tertiary alicyclic amines) is 2. The van der Waals surface area contributed by atoms with Crippen LogP contribution in [0.3, 0.4) is 0 Å². The van der Waals surface area contributed by atoms with Gasteiger partial charge in [0.15, 0.2) is 0 Å². The van der Waals surface area contributed by atoms with Gasteiger partial charge in [0.1, 0.15) is 6.61 Å². The molecule has 0 spiro atoms. The standard InChI is InChI=1S/C26H39N3O3/c1-5-8-10-19(4)25(20(7-3)9-6-2)21-11-14-28(15-12-21)26(31)29-16-13-23-22(17-29)27-24(30)18-32-23/h5-10,21-23,25H,11-18H2,1-4H3,(H,27,30)/b8-5-,9-6-,19-10+,20-7+. The van der Waals surface area contributed by atoms with Crippen LogP contribution in [0.4, 0.5) is 4.79 Å². The molecule has 1 N–H and O–H groups in total. The normalized spacial score (nSPS) is 27.1. The first-order valence-corrected chi connectivity index (χ1v) is 12.0. The minimum atomic E-state index is -0.0895. The summed E-state index contributed by atoms with van der Waals surface area (Å²) in [6, 6.07) is 0.00696. The molecule has 0 aromatic rings. The van der Waals surface area contributed by atoms with E-state index >= 15 is 0 Å². The van der Waals surface area contributed by atoms with Gasteiger partial charge in [-0.25, -0.2) is 4.79 Å². The number of nitrogens with zero attached hydrogens (tertiary/aromatic N) is 2. The van der Waals surface area contributed by atoms with E-state index in [-0.39, 0.29) is 30.7 Å².